The molecule has 0 aliphatic rings. The summed E-state index contributed by atoms with van der Waals surface area (Å²) in [7, 11) is 0. The van der Waals surface area contributed by atoms with Crippen molar-refractivity contribution < 1.29 is 9.90 Å². The molecule has 0 atom stereocenters. The number of aliphatic carboxylic acids is 1. The van der Waals surface area contributed by atoms with Gasteiger partial charge in [-0.1, -0.05) is 15.9 Å². The van der Waals surface area contributed by atoms with Crippen LogP contribution in [0.25, 0.3) is 17.1 Å². The first-order valence-electron chi connectivity index (χ1n) is 5.57. The molecule has 0 aliphatic carbocycles. The topological polar surface area (TPSA) is 55.1 Å². The summed E-state index contributed by atoms with van der Waals surface area (Å²) in [5, 5.41) is 8.69. The number of carboxylic acids is 1. The van der Waals surface area contributed by atoms with Gasteiger partial charge in [0.2, 0.25) is 0 Å². The highest BCUT2D eigenvalue weighted by molar-refractivity contribution is 9.10. The summed E-state index contributed by atoms with van der Waals surface area (Å²) in [6.45, 7) is 4.08. The van der Waals surface area contributed by atoms with Crippen molar-refractivity contribution in [1.29, 1.82) is 0 Å². The fraction of sp³-hybridized carbons (Fsp3) is 0.231. The molecule has 0 aliphatic heterocycles. The average molecular weight is 309 g/mol. The summed E-state index contributed by atoms with van der Waals surface area (Å²) in [6.07, 6.45) is 2.63. The Kier molecular flexibility index (Phi) is 3.52. The molecule has 0 radical (unpaired) electrons. The molecular weight excluding hydrogens is 296 g/mol. The average Bonchev–Trinajstić information content (AvgIpc) is 2.63. The number of benzene rings is 1. The van der Waals surface area contributed by atoms with E-state index in [0.29, 0.717) is 5.82 Å². The van der Waals surface area contributed by atoms with E-state index in [2.05, 4.69) is 20.9 Å². The molecule has 0 saturated heterocycles. The Balaban J connectivity index is 2.65. The van der Waals surface area contributed by atoms with Gasteiger partial charge in [0.05, 0.1) is 11.0 Å². The minimum Gasteiger partial charge on any atom is -0.478 e. The minimum atomic E-state index is -0.974. The normalized spacial score (nSPS) is 11.8. The Hall–Kier alpha value is -1.62. The molecular formula is C13H13BrN2O2. The molecule has 94 valence electrons. The maximum absolute atomic E-state index is 10.6. The summed E-state index contributed by atoms with van der Waals surface area (Å²) in [6, 6.07) is 6.03. The molecule has 1 aromatic heterocycles. The van der Waals surface area contributed by atoms with Crippen LogP contribution in [0, 0.1) is 0 Å². The van der Waals surface area contributed by atoms with Crippen LogP contribution in [-0.4, -0.2) is 20.6 Å². The van der Waals surface area contributed by atoms with Crippen LogP contribution in [0.15, 0.2) is 28.7 Å². The zero-order valence-corrected chi connectivity index (χ0v) is 11.7. The van der Waals surface area contributed by atoms with Crippen LogP contribution in [0.1, 0.15) is 25.7 Å². The van der Waals surface area contributed by atoms with Gasteiger partial charge >= 0.3 is 5.97 Å². The Labute approximate surface area is 113 Å². The fourth-order valence-corrected chi connectivity index (χ4v) is 2.24. The number of aromatic nitrogens is 2. The molecule has 1 heterocycles. The molecule has 2 aromatic rings. The van der Waals surface area contributed by atoms with E-state index >= 15 is 0 Å². The second-order valence-electron chi connectivity index (χ2n) is 4.24. The summed E-state index contributed by atoms with van der Waals surface area (Å²) in [5.41, 5.74) is 1.85. The predicted molar refractivity (Wildman–Crippen MR) is 74.5 cm³/mol. The highest BCUT2D eigenvalue weighted by Crippen LogP contribution is 2.25. The molecule has 0 amide bonds. The minimum absolute atomic E-state index is 0.206. The van der Waals surface area contributed by atoms with Gasteiger partial charge in [-0.05, 0) is 38.1 Å². The first-order chi connectivity index (χ1) is 8.49. The van der Waals surface area contributed by atoms with Gasteiger partial charge in [0.1, 0.15) is 5.82 Å². The van der Waals surface area contributed by atoms with Crippen LogP contribution in [0.5, 0.6) is 0 Å². The number of hydrogen-bond donors (Lipinski definition) is 1. The van der Waals surface area contributed by atoms with Gasteiger partial charge in [0.25, 0.3) is 0 Å². The highest BCUT2D eigenvalue weighted by Gasteiger charge is 2.11. The molecule has 0 unspecified atom stereocenters. The number of hydrogen-bond acceptors (Lipinski definition) is 2. The van der Waals surface area contributed by atoms with Gasteiger partial charge in [0.15, 0.2) is 0 Å². The lowest BCUT2D eigenvalue weighted by atomic mass is 10.3. The van der Waals surface area contributed by atoms with Crippen molar-refractivity contribution in [2.45, 2.75) is 19.9 Å². The SMILES string of the molecule is CC(C)n1c(/C=C/C(=O)O)nc2ccc(Br)cc21. The van der Waals surface area contributed by atoms with Gasteiger partial charge in [0, 0.05) is 16.6 Å². The van der Waals surface area contributed by atoms with E-state index in [4.69, 9.17) is 5.11 Å². The molecule has 1 aromatic carbocycles. The highest BCUT2D eigenvalue weighted by atomic mass is 79.9. The molecule has 2 rings (SSSR count). The molecule has 0 bridgehead atoms. The van der Waals surface area contributed by atoms with Crippen molar-refractivity contribution >= 4 is 39.0 Å². The first-order valence-corrected chi connectivity index (χ1v) is 6.37. The lowest BCUT2D eigenvalue weighted by molar-refractivity contribution is -0.131. The summed E-state index contributed by atoms with van der Waals surface area (Å²) in [5.74, 6) is -0.320. The van der Waals surface area contributed by atoms with Gasteiger partial charge < -0.3 is 9.67 Å². The Morgan fingerprint density at radius 3 is 2.83 bits per heavy atom. The zero-order valence-electron chi connectivity index (χ0n) is 10.1. The van der Waals surface area contributed by atoms with Crippen molar-refractivity contribution in [2.75, 3.05) is 0 Å². The van der Waals surface area contributed by atoms with E-state index in [1.165, 1.54) is 6.08 Å². The molecule has 1 N–H and O–H groups in total. The van der Waals surface area contributed by atoms with Crippen molar-refractivity contribution in [3.05, 3.63) is 34.6 Å². The van der Waals surface area contributed by atoms with Crippen LogP contribution in [0.2, 0.25) is 0 Å². The summed E-state index contributed by atoms with van der Waals surface area (Å²) in [4.78, 5) is 15.0. The van der Waals surface area contributed by atoms with Gasteiger partial charge in [-0.3, -0.25) is 0 Å². The molecule has 0 fully saturated rings. The van der Waals surface area contributed by atoms with E-state index in [1.54, 1.807) is 0 Å². The van der Waals surface area contributed by atoms with Crippen LogP contribution >= 0.6 is 15.9 Å². The number of imidazole rings is 1. The van der Waals surface area contributed by atoms with Crippen molar-refractivity contribution in [2.24, 2.45) is 0 Å². The number of carbonyl (C=O) groups is 1. The summed E-state index contributed by atoms with van der Waals surface area (Å²) >= 11 is 3.43. The maximum atomic E-state index is 10.6. The molecule has 5 heteroatoms. The Morgan fingerprint density at radius 2 is 2.22 bits per heavy atom. The quantitative estimate of drug-likeness (QED) is 0.883. The molecule has 4 nitrogen and oxygen atoms in total. The van der Waals surface area contributed by atoms with Gasteiger partial charge in [-0.2, -0.15) is 0 Å². The Morgan fingerprint density at radius 1 is 1.50 bits per heavy atom. The van der Waals surface area contributed by atoms with E-state index in [1.807, 2.05) is 36.6 Å². The van der Waals surface area contributed by atoms with Gasteiger partial charge in [-0.25, -0.2) is 9.78 Å². The largest absolute Gasteiger partial charge is 0.478 e. The van der Waals surface area contributed by atoms with E-state index in [-0.39, 0.29) is 6.04 Å². The van der Waals surface area contributed by atoms with E-state index in [0.717, 1.165) is 21.6 Å². The third kappa shape index (κ3) is 2.46. The van der Waals surface area contributed by atoms with E-state index < -0.39 is 5.97 Å². The van der Waals surface area contributed by atoms with Gasteiger partial charge in [-0.15, -0.1) is 0 Å². The van der Waals surface area contributed by atoms with Crippen LogP contribution in [-0.2, 0) is 4.79 Å². The zero-order chi connectivity index (χ0) is 13.3. The number of nitrogens with zero attached hydrogens (tertiary/aromatic N) is 2. The van der Waals surface area contributed by atoms with Crippen LogP contribution < -0.4 is 0 Å². The van der Waals surface area contributed by atoms with Crippen LogP contribution in [0.3, 0.4) is 0 Å². The third-order valence-electron chi connectivity index (χ3n) is 2.57. The van der Waals surface area contributed by atoms with E-state index in [9.17, 15) is 4.79 Å². The number of fused-ring (bicyclic) bond motifs is 1. The fourth-order valence-electron chi connectivity index (χ4n) is 1.89. The number of halogens is 1. The predicted octanol–water partition coefficient (Wildman–Crippen LogP) is 3.48. The third-order valence-corrected chi connectivity index (χ3v) is 3.06. The molecule has 0 saturated carbocycles. The standard InChI is InChI=1S/C13H13BrN2O2/c1-8(2)16-11-7-9(14)3-4-10(11)15-12(16)5-6-13(17)18/h3-8H,1-2H3,(H,17,18)/b6-5+. The monoisotopic (exact) mass is 308 g/mol. The lowest BCUT2D eigenvalue weighted by Crippen LogP contribution is -2.03. The van der Waals surface area contributed by atoms with Crippen molar-refractivity contribution in [3.8, 4) is 0 Å². The second-order valence-corrected chi connectivity index (χ2v) is 5.15. The smallest absolute Gasteiger partial charge is 0.328 e. The number of rotatable bonds is 3. The molecule has 0 spiro atoms. The van der Waals surface area contributed by atoms with Crippen LogP contribution in [0.4, 0.5) is 0 Å². The second kappa shape index (κ2) is 4.94. The maximum Gasteiger partial charge on any atom is 0.328 e. The number of carboxylic acid groups (broad SMARTS) is 1. The van der Waals surface area contributed by atoms with Crippen molar-refractivity contribution in [1.82, 2.24) is 9.55 Å². The van der Waals surface area contributed by atoms with Crippen molar-refractivity contribution in [3.63, 3.8) is 0 Å². The lowest BCUT2D eigenvalue weighted by Gasteiger charge is -2.10. The Bertz CT molecular complexity index is 629. The summed E-state index contributed by atoms with van der Waals surface area (Å²) < 4.78 is 2.99. The first kappa shape index (κ1) is 12.8. The molecule has 18 heavy (non-hydrogen) atoms.